The van der Waals surface area contributed by atoms with Gasteiger partial charge in [0.1, 0.15) is 17.3 Å². The minimum Gasteiger partial charge on any atom is -0.496 e. The van der Waals surface area contributed by atoms with Crippen molar-refractivity contribution >= 4 is 17.4 Å². The number of rotatable bonds is 4. The second-order valence-electron chi connectivity index (χ2n) is 4.77. The van der Waals surface area contributed by atoms with Gasteiger partial charge < -0.3 is 9.15 Å². The van der Waals surface area contributed by atoms with Crippen molar-refractivity contribution < 1.29 is 13.9 Å². The molecule has 2 aromatic rings. The first kappa shape index (κ1) is 14.7. The molecule has 0 aliphatic heterocycles. The van der Waals surface area contributed by atoms with Crippen molar-refractivity contribution in [2.75, 3.05) is 7.11 Å². The topological polar surface area (TPSA) is 39.4 Å². The zero-order valence-corrected chi connectivity index (χ0v) is 12.8. The quantitative estimate of drug-likeness (QED) is 0.789. The molecule has 1 aromatic heterocycles. The summed E-state index contributed by atoms with van der Waals surface area (Å²) < 4.78 is 10.8. The van der Waals surface area contributed by atoms with Gasteiger partial charge in [-0.3, -0.25) is 4.79 Å². The highest BCUT2D eigenvalue weighted by Crippen LogP contribution is 2.27. The number of furan rings is 1. The summed E-state index contributed by atoms with van der Waals surface area (Å²) in [6.07, 6.45) is 0.240. The molecule has 1 heterocycles. The number of carbonyl (C=O) groups is 1. The van der Waals surface area contributed by atoms with Gasteiger partial charge in [0.05, 0.1) is 12.7 Å². The molecule has 0 unspecified atom stereocenters. The maximum atomic E-state index is 12.5. The Morgan fingerprint density at radius 1 is 1.25 bits per heavy atom. The van der Waals surface area contributed by atoms with Gasteiger partial charge in [0.25, 0.3) is 0 Å². The van der Waals surface area contributed by atoms with Crippen LogP contribution in [-0.2, 0) is 6.42 Å². The van der Waals surface area contributed by atoms with Crippen molar-refractivity contribution in [3.63, 3.8) is 0 Å². The third-order valence-electron chi connectivity index (χ3n) is 3.43. The monoisotopic (exact) mass is 292 g/mol. The van der Waals surface area contributed by atoms with Gasteiger partial charge in [-0.25, -0.2) is 0 Å². The molecule has 0 fully saturated rings. The summed E-state index contributed by atoms with van der Waals surface area (Å²) in [4.78, 5) is 12.5. The molecule has 20 heavy (non-hydrogen) atoms. The molecule has 0 amide bonds. The van der Waals surface area contributed by atoms with E-state index in [0.29, 0.717) is 22.1 Å². The van der Waals surface area contributed by atoms with Crippen LogP contribution in [0.3, 0.4) is 0 Å². The molecule has 106 valence electrons. The smallest absolute Gasteiger partial charge is 0.171 e. The predicted octanol–water partition coefficient (Wildman–Crippen LogP) is 4.29. The highest BCUT2D eigenvalue weighted by atomic mass is 35.5. The lowest BCUT2D eigenvalue weighted by atomic mass is 9.99. The van der Waals surface area contributed by atoms with Crippen molar-refractivity contribution in [3.8, 4) is 5.75 Å². The highest BCUT2D eigenvalue weighted by Gasteiger charge is 2.20. The Morgan fingerprint density at radius 2 is 1.95 bits per heavy atom. The molecule has 0 aliphatic rings. The van der Waals surface area contributed by atoms with E-state index in [1.807, 2.05) is 20.8 Å². The van der Waals surface area contributed by atoms with Crippen molar-refractivity contribution in [2.24, 2.45) is 0 Å². The van der Waals surface area contributed by atoms with Gasteiger partial charge in [0.15, 0.2) is 5.78 Å². The summed E-state index contributed by atoms with van der Waals surface area (Å²) in [6, 6.07) is 5.27. The molecule has 1 aromatic carbocycles. The lowest BCUT2D eigenvalue weighted by Gasteiger charge is -2.08. The molecule has 0 aliphatic carbocycles. The number of ketones is 1. The van der Waals surface area contributed by atoms with Crippen molar-refractivity contribution in [1.29, 1.82) is 0 Å². The van der Waals surface area contributed by atoms with E-state index in [9.17, 15) is 4.79 Å². The summed E-state index contributed by atoms with van der Waals surface area (Å²) in [5.41, 5.74) is 2.33. The van der Waals surface area contributed by atoms with Crippen molar-refractivity contribution in [3.05, 3.63) is 51.4 Å². The van der Waals surface area contributed by atoms with Crippen LogP contribution in [-0.4, -0.2) is 12.9 Å². The van der Waals surface area contributed by atoms with Crippen LogP contribution in [0.25, 0.3) is 0 Å². The van der Waals surface area contributed by atoms with E-state index < -0.39 is 0 Å². The average Bonchev–Trinajstić information content (AvgIpc) is 2.63. The van der Waals surface area contributed by atoms with E-state index in [4.69, 9.17) is 20.8 Å². The number of ether oxygens (including phenoxy) is 1. The lowest BCUT2D eigenvalue weighted by molar-refractivity contribution is 0.0990. The van der Waals surface area contributed by atoms with Crippen LogP contribution in [0.4, 0.5) is 0 Å². The zero-order valence-electron chi connectivity index (χ0n) is 12.0. The Balaban J connectivity index is 2.35. The van der Waals surface area contributed by atoms with Crippen LogP contribution in [0, 0.1) is 20.8 Å². The molecule has 0 spiro atoms. The standard InChI is InChI=1S/C16H17ClO3/c1-9-10(2)20-11(3)16(9)14(18)8-12-7-13(17)5-6-15(12)19-4/h5-7H,8H2,1-4H3. The van der Waals surface area contributed by atoms with Gasteiger partial charge in [-0.2, -0.15) is 0 Å². The maximum Gasteiger partial charge on any atom is 0.171 e. The first-order chi connectivity index (χ1) is 9.43. The Hall–Kier alpha value is -1.74. The van der Waals surface area contributed by atoms with E-state index in [1.54, 1.807) is 25.3 Å². The SMILES string of the molecule is COc1ccc(Cl)cc1CC(=O)c1c(C)oc(C)c1C. The van der Waals surface area contributed by atoms with E-state index in [-0.39, 0.29) is 12.2 Å². The van der Waals surface area contributed by atoms with Crippen LogP contribution >= 0.6 is 11.6 Å². The minimum absolute atomic E-state index is 0.0115. The molecule has 0 bridgehead atoms. The normalized spacial score (nSPS) is 10.7. The molecule has 0 N–H and O–H groups in total. The van der Waals surface area contributed by atoms with Gasteiger partial charge in [-0.15, -0.1) is 0 Å². The van der Waals surface area contributed by atoms with Crippen LogP contribution in [0.5, 0.6) is 5.75 Å². The molecule has 0 atom stereocenters. The van der Waals surface area contributed by atoms with Gasteiger partial charge in [0, 0.05) is 22.6 Å². The second kappa shape index (κ2) is 5.71. The maximum absolute atomic E-state index is 12.5. The van der Waals surface area contributed by atoms with Crippen molar-refractivity contribution in [1.82, 2.24) is 0 Å². The molecule has 4 heteroatoms. The van der Waals surface area contributed by atoms with E-state index >= 15 is 0 Å². The van der Waals surface area contributed by atoms with Gasteiger partial charge in [-0.05, 0) is 39.0 Å². The molecule has 0 saturated heterocycles. The Bertz CT molecular complexity index is 656. The van der Waals surface area contributed by atoms with E-state index in [1.165, 1.54) is 0 Å². The van der Waals surface area contributed by atoms with Crippen LogP contribution in [0.1, 0.15) is 33.0 Å². The molecular weight excluding hydrogens is 276 g/mol. The first-order valence-corrected chi connectivity index (χ1v) is 6.74. The van der Waals surface area contributed by atoms with E-state index in [0.717, 1.165) is 16.9 Å². The van der Waals surface area contributed by atoms with Crippen molar-refractivity contribution in [2.45, 2.75) is 27.2 Å². The third kappa shape index (κ3) is 2.73. The average molecular weight is 293 g/mol. The van der Waals surface area contributed by atoms with Gasteiger partial charge >= 0.3 is 0 Å². The third-order valence-corrected chi connectivity index (χ3v) is 3.67. The summed E-state index contributed by atoms with van der Waals surface area (Å²) in [6.45, 7) is 5.57. The zero-order chi connectivity index (χ0) is 14.9. The number of benzene rings is 1. The number of carbonyl (C=O) groups excluding carboxylic acids is 1. The first-order valence-electron chi connectivity index (χ1n) is 6.36. The summed E-state index contributed by atoms with van der Waals surface area (Å²) >= 11 is 5.98. The highest BCUT2D eigenvalue weighted by molar-refractivity contribution is 6.30. The number of methoxy groups -OCH3 is 1. The Labute approximate surface area is 123 Å². The number of halogens is 1. The molecular formula is C16H17ClO3. The Morgan fingerprint density at radius 3 is 2.50 bits per heavy atom. The van der Waals surface area contributed by atoms with Gasteiger partial charge in [0.2, 0.25) is 0 Å². The van der Waals surface area contributed by atoms with Crippen LogP contribution < -0.4 is 4.74 Å². The molecule has 0 radical (unpaired) electrons. The predicted molar refractivity (Wildman–Crippen MR) is 79.0 cm³/mol. The fraction of sp³-hybridized carbons (Fsp3) is 0.312. The number of aryl methyl sites for hydroxylation is 2. The minimum atomic E-state index is 0.0115. The van der Waals surface area contributed by atoms with E-state index in [2.05, 4.69) is 0 Å². The molecule has 3 nitrogen and oxygen atoms in total. The van der Waals surface area contributed by atoms with Gasteiger partial charge in [-0.1, -0.05) is 11.6 Å². The summed E-state index contributed by atoms with van der Waals surface area (Å²) in [5.74, 6) is 2.12. The summed E-state index contributed by atoms with van der Waals surface area (Å²) in [7, 11) is 1.58. The number of Topliss-reactive ketones (excluding diaryl/α,β-unsaturated/α-hetero) is 1. The van der Waals surface area contributed by atoms with Crippen LogP contribution in [0.15, 0.2) is 22.6 Å². The largest absolute Gasteiger partial charge is 0.496 e. The fourth-order valence-electron chi connectivity index (χ4n) is 2.35. The second-order valence-corrected chi connectivity index (χ2v) is 5.21. The Kier molecular flexibility index (Phi) is 4.19. The summed E-state index contributed by atoms with van der Waals surface area (Å²) in [5, 5.41) is 0.588. The molecule has 0 saturated carbocycles. The fourth-order valence-corrected chi connectivity index (χ4v) is 2.54. The lowest BCUT2D eigenvalue weighted by Crippen LogP contribution is -2.07. The number of hydrogen-bond acceptors (Lipinski definition) is 3. The van der Waals surface area contributed by atoms with Crippen LogP contribution in [0.2, 0.25) is 5.02 Å². The number of hydrogen-bond donors (Lipinski definition) is 0. The molecule has 2 rings (SSSR count).